The molecular weight excluding hydrogens is 560 g/mol. The fourth-order valence-corrected chi connectivity index (χ4v) is 5.30. The number of nitrogens with zero attached hydrogens (tertiary/aromatic N) is 5. The predicted octanol–water partition coefficient (Wildman–Crippen LogP) is -0.463. The molecule has 2 saturated heterocycles. The number of fused-ring (bicyclic) bond motifs is 1. The van der Waals surface area contributed by atoms with E-state index in [4.69, 9.17) is 9.47 Å². The topological polar surface area (TPSA) is 177 Å². The van der Waals surface area contributed by atoms with Crippen molar-refractivity contribution in [2.24, 2.45) is 0 Å². The van der Waals surface area contributed by atoms with Gasteiger partial charge in [0, 0.05) is 57.8 Å². The average Bonchev–Trinajstić information content (AvgIpc) is 3.56. The molecule has 5 rings (SSSR count). The summed E-state index contributed by atoms with van der Waals surface area (Å²) in [6.45, 7) is 5.50. The molecule has 1 atom stereocenters. The molecule has 230 valence electrons. The Morgan fingerprint density at radius 1 is 1.05 bits per heavy atom. The van der Waals surface area contributed by atoms with Gasteiger partial charge in [0.25, 0.3) is 11.8 Å². The average molecular weight is 597 g/mol. The SMILES string of the molecule is O=C1CCC(N2C(=O)c3cccc(NCCOCCOCc4cn(CCCC(=O)N5CCNCC5)nn4)c3C2=O)C(=O)N1. The first-order chi connectivity index (χ1) is 20.9. The van der Waals surface area contributed by atoms with Crippen molar-refractivity contribution < 1.29 is 33.4 Å². The normalized spacial score (nSPS) is 18.7. The second-order valence-corrected chi connectivity index (χ2v) is 10.5. The summed E-state index contributed by atoms with van der Waals surface area (Å²) >= 11 is 0. The van der Waals surface area contributed by atoms with E-state index in [-0.39, 0.29) is 36.5 Å². The summed E-state index contributed by atoms with van der Waals surface area (Å²) in [7, 11) is 0. The Hall–Kier alpha value is -4.21. The standard InChI is InChI=1S/C28H36N8O7/c37-23-7-6-22(26(39)31-23)36-27(40)20-3-1-4-21(25(20)28(36)41)30-10-14-42-15-16-43-18-19-17-35(33-32-19)11-2-5-24(38)34-12-8-29-9-13-34/h1,3-4,17,22,29-30H,2,5-16,18H2,(H,31,37,39). The highest BCUT2D eigenvalue weighted by Crippen LogP contribution is 2.32. The Kier molecular flexibility index (Phi) is 10.1. The number of ether oxygens (including phenoxy) is 2. The summed E-state index contributed by atoms with van der Waals surface area (Å²) in [5.74, 6) is -2.00. The molecule has 3 N–H and O–H groups in total. The summed E-state index contributed by atoms with van der Waals surface area (Å²) in [4.78, 5) is 64.9. The number of piperazine rings is 1. The third-order valence-corrected chi connectivity index (χ3v) is 7.49. The number of carbonyl (C=O) groups is 5. The molecule has 4 heterocycles. The van der Waals surface area contributed by atoms with Gasteiger partial charge in [0.2, 0.25) is 17.7 Å². The van der Waals surface area contributed by atoms with Crippen LogP contribution in [0.15, 0.2) is 24.4 Å². The first kappa shape index (κ1) is 30.3. The molecule has 1 unspecified atom stereocenters. The summed E-state index contributed by atoms with van der Waals surface area (Å²) < 4.78 is 13.0. The van der Waals surface area contributed by atoms with E-state index in [0.29, 0.717) is 57.1 Å². The quantitative estimate of drug-likeness (QED) is 0.190. The first-order valence-electron chi connectivity index (χ1n) is 14.5. The van der Waals surface area contributed by atoms with Gasteiger partial charge in [0.15, 0.2) is 0 Å². The van der Waals surface area contributed by atoms with Gasteiger partial charge in [-0.2, -0.15) is 0 Å². The Labute approximate surface area is 248 Å². The lowest BCUT2D eigenvalue weighted by Crippen LogP contribution is -2.54. The van der Waals surface area contributed by atoms with Crippen LogP contribution in [0, 0.1) is 0 Å². The molecule has 0 spiro atoms. The first-order valence-corrected chi connectivity index (χ1v) is 14.5. The number of anilines is 1. The minimum Gasteiger partial charge on any atom is -0.382 e. The van der Waals surface area contributed by atoms with Gasteiger partial charge in [-0.25, -0.2) is 0 Å². The number of aromatic nitrogens is 3. The van der Waals surface area contributed by atoms with E-state index in [2.05, 4.69) is 26.3 Å². The van der Waals surface area contributed by atoms with Gasteiger partial charge in [-0.1, -0.05) is 11.3 Å². The highest BCUT2D eigenvalue weighted by atomic mass is 16.5. The number of hydrogen-bond acceptors (Lipinski definition) is 11. The summed E-state index contributed by atoms with van der Waals surface area (Å²) in [6, 6.07) is 3.90. The van der Waals surface area contributed by atoms with Gasteiger partial charge in [0.1, 0.15) is 11.7 Å². The Bertz CT molecular complexity index is 1360. The van der Waals surface area contributed by atoms with Crippen molar-refractivity contribution in [1.29, 1.82) is 0 Å². The zero-order valence-corrected chi connectivity index (χ0v) is 23.9. The molecule has 2 fully saturated rings. The summed E-state index contributed by atoms with van der Waals surface area (Å²) in [6.07, 6.45) is 3.16. The maximum atomic E-state index is 13.1. The summed E-state index contributed by atoms with van der Waals surface area (Å²) in [5.41, 5.74) is 1.59. The van der Waals surface area contributed by atoms with E-state index in [1.54, 1.807) is 22.9 Å². The summed E-state index contributed by atoms with van der Waals surface area (Å²) in [5, 5.41) is 16.8. The number of hydrogen-bond donors (Lipinski definition) is 3. The predicted molar refractivity (Wildman–Crippen MR) is 151 cm³/mol. The molecule has 2 aromatic rings. The lowest BCUT2D eigenvalue weighted by molar-refractivity contribution is -0.136. The van der Waals surface area contributed by atoms with Gasteiger partial charge < -0.3 is 25.0 Å². The lowest BCUT2D eigenvalue weighted by atomic mass is 10.0. The van der Waals surface area contributed by atoms with Crippen molar-refractivity contribution in [3.05, 3.63) is 41.2 Å². The van der Waals surface area contributed by atoms with Crippen molar-refractivity contribution in [3.63, 3.8) is 0 Å². The third-order valence-electron chi connectivity index (χ3n) is 7.49. The number of carbonyl (C=O) groups excluding carboxylic acids is 5. The van der Waals surface area contributed by atoms with E-state index < -0.39 is 29.7 Å². The zero-order valence-electron chi connectivity index (χ0n) is 23.9. The highest BCUT2D eigenvalue weighted by molar-refractivity contribution is 6.25. The van der Waals surface area contributed by atoms with Crippen molar-refractivity contribution >= 4 is 35.2 Å². The molecule has 15 heteroatoms. The van der Waals surface area contributed by atoms with Crippen LogP contribution in [-0.2, 0) is 37.0 Å². The Balaban J connectivity index is 0.970. The number of imide groups is 2. The monoisotopic (exact) mass is 596 g/mol. The minimum atomic E-state index is -1.01. The van der Waals surface area contributed by atoms with Crippen LogP contribution in [0.4, 0.5) is 5.69 Å². The van der Waals surface area contributed by atoms with Crippen molar-refractivity contribution in [2.45, 2.75) is 44.9 Å². The molecule has 1 aromatic heterocycles. The van der Waals surface area contributed by atoms with Crippen LogP contribution in [0.1, 0.15) is 52.1 Å². The van der Waals surface area contributed by atoms with Gasteiger partial charge in [-0.3, -0.25) is 38.9 Å². The van der Waals surface area contributed by atoms with Crippen LogP contribution in [-0.4, -0.2) is 113 Å². The largest absolute Gasteiger partial charge is 0.382 e. The van der Waals surface area contributed by atoms with Gasteiger partial charge in [-0.15, -0.1) is 5.10 Å². The highest BCUT2D eigenvalue weighted by Gasteiger charge is 2.45. The van der Waals surface area contributed by atoms with Gasteiger partial charge in [0.05, 0.1) is 43.8 Å². The van der Waals surface area contributed by atoms with Crippen LogP contribution < -0.4 is 16.0 Å². The molecule has 43 heavy (non-hydrogen) atoms. The molecule has 1 aromatic carbocycles. The van der Waals surface area contributed by atoms with Crippen LogP contribution in [0.2, 0.25) is 0 Å². The van der Waals surface area contributed by atoms with Gasteiger partial charge in [-0.05, 0) is 25.0 Å². The number of rotatable bonds is 14. The van der Waals surface area contributed by atoms with Crippen molar-refractivity contribution in [2.75, 3.05) is 57.9 Å². The van der Waals surface area contributed by atoms with Crippen LogP contribution in [0.5, 0.6) is 0 Å². The van der Waals surface area contributed by atoms with Crippen LogP contribution in [0.3, 0.4) is 0 Å². The fourth-order valence-electron chi connectivity index (χ4n) is 5.30. The number of amides is 5. The van der Waals surface area contributed by atoms with Crippen LogP contribution >= 0.6 is 0 Å². The second-order valence-electron chi connectivity index (χ2n) is 10.5. The molecule has 0 bridgehead atoms. The molecular formula is C28H36N8O7. The molecule has 0 saturated carbocycles. The van der Waals surface area contributed by atoms with E-state index in [1.807, 2.05) is 11.1 Å². The smallest absolute Gasteiger partial charge is 0.264 e. The van der Waals surface area contributed by atoms with E-state index in [1.165, 1.54) is 0 Å². The molecule has 3 aliphatic rings. The maximum Gasteiger partial charge on any atom is 0.264 e. The number of benzene rings is 1. The lowest BCUT2D eigenvalue weighted by Gasteiger charge is -2.27. The van der Waals surface area contributed by atoms with E-state index >= 15 is 0 Å². The zero-order chi connectivity index (χ0) is 30.2. The number of nitrogens with one attached hydrogen (secondary N) is 3. The second kappa shape index (κ2) is 14.3. The van der Waals surface area contributed by atoms with Crippen molar-refractivity contribution in [1.82, 2.24) is 35.4 Å². The minimum absolute atomic E-state index is 0.0663. The Morgan fingerprint density at radius 3 is 2.67 bits per heavy atom. The molecule has 15 nitrogen and oxygen atoms in total. The molecule has 0 aliphatic carbocycles. The van der Waals surface area contributed by atoms with E-state index in [9.17, 15) is 24.0 Å². The van der Waals surface area contributed by atoms with Crippen molar-refractivity contribution in [3.8, 4) is 0 Å². The van der Waals surface area contributed by atoms with E-state index in [0.717, 1.165) is 31.1 Å². The Morgan fingerprint density at radius 2 is 1.86 bits per heavy atom. The fraction of sp³-hybridized carbons (Fsp3) is 0.536. The third kappa shape index (κ3) is 7.42. The number of piperidine rings is 1. The van der Waals surface area contributed by atoms with Gasteiger partial charge >= 0.3 is 0 Å². The molecule has 3 aliphatic heterocycles. The number of aryl methyl sites for hydroxylation is 1. The molecule has 5 amide bonds. The molecule has 0 radical (unpaired) electrons. The van der Waals surface area contributed by atoms with Crippen LogP contribution in [0.25, 0.3) is 0 Å². The maximum absolute atomic E-state index is 13.1.